The van der Waals surface area contributed by atoms with Crippen LogP contribution in [0.2, 0.25) is 5.02 Å². The fourth-order valence-electron chi connectivity index (χ4n) is 2.56. The summed E-state index contributed by atoms with van der Waals surface area (Å²) in [5.74, 6) is 1.89. The Labute approximate surface area is 135 Å². The molecule has 2 aromatic rings. The number of benzene rings is 1. The highest BCUT2D eigenvalue weighted by Gasteiger charge is 2.22. The van der Waals surface area contributed by atoms with Gasteiger partial charge in [-0.25, -0.2) is 0 Å². The van der Waals surface area contributed by atoms with Gasteiger partial charge in [-0.1, -0.05) is 30.1 Å². The average Bonchev–Trinajstić information content (AvgIpc) is 3.04. The molecule has 6 heteroatoms. The second-order valence-electron chi connectivity index (χ2n) is 5.45. The van der Waals surface area contributed by atoms with E-state index >= 15 is 0 Å². The van der Waals surface area contributed by atoms with Crippen molar-refractivity contribution in [1.82, 2.24) is 15.5 Å². The summed E-state index contributed by atoms with van der Waals surface area (Å²) in [6, 6.07) is 5.62. The molecule has 1 aliphatic rings. The molecule has 1 aromatic heterocycles. The van der Waals surface area contributed by atoms with Crippen LogP contribution in [-0.4, -0.2) is 23.3 Å². The molecule has 0 amide bonds. The third-order valence-corrected chi connectivity index (χ3v) is 3.93. The minimum Gasteiger partial charge on any atom is -0.493 e. The highest BCUT2D eigenvalue weighted by molar-refractivity contribution is 6.30. The molecule has 1 saturated heterocycles. The van der Waals surface area contributed by atoms with Crippen molar-refractivity contribution in [3.63, 3.8) is 0 Å². The molecule has 0 aliphatic carbocycles. The molecule has 1 aliphatic heterocycles. The topological polar surface area (TPSA) is 60.2 Å². The average molecular weight is 322 g/mol. The predicted octanol–water partition coefficient (Wildman–Crippen LogP) is 3.99. The number of nitrogens with one attached hydrogen (secondary N) is 1. The Balaban J connectivity index is 1.86. The van der Waals surface area contributed by atoms with E-state index in [4.69, 9.17) is 20.9 Å². The van der Waals surface area contributed by atoms with Crippen LogP contribution in [0.25, 0.3) is 11.4 Å². The molecule has 5 nitrogen and oxygen atoms in total. The van der Waals surface area contributed by atoms with Crippen LogP contribution in [0.1, 0.15) is 44.5 Å². The van der Waals surface area contributed by atoms with Crippen molar-refractivity contribution in [2.75, 3.05) is 13.2 Å². The minimum absolute atomic E-state index is 0.147. The standard InChI is InChI=1S/C16H20ClN3O2/c1-2-9-21-14-7-6-11(17)10-12(14)15-19-16(22-20-15)13-5-3-4-8-18-13/h6-7,10,13,18H,2-5,8-9H2,1H3. The lowest BCUT2D eigenvalue weighted by atomic mass is 10.1. The number of ether oxygens (including phenoxy) is 1. The third-order valence-electron chi connectivity index (χ3n) is 3.69. The maximum atomic E-state index is 6.10. The van der Waals surface area contributed by atoms with E-state index in [-0.39, 0.29) is 6.04 Å². The predicted molar refractivity (Wildman–Crippen MR) is 85.1 cm³/mol. The van der Waals surface area contributed by atoms with Crippen molar-refractivity contribution in [2.45, 2.75) is 38.6 Å². The number of nitrogens with zero attached hydrogens (tertiary/aromatic N) is 2. The molecule has 3 rings (SSSR count). The van der Waals surface area contributed by atoms with E-state index in [1.165, 1.54) is 12.8 Å². The first-order valence-electron chi connectivity index (χ1n) is 7.77. The molecule has 22 heavy (non-hydrogen) atoms. The molecule has 1 aromatic carbocycles. The summed E-state index contributed by atoms with van der Waals surface area (Å²) in [6.07, 6.45) is 4.33. The number of hydrogen-bond acceptors (Lipinski definition) is 5. The van der Waals surface area contributed by atoms with Gasteiger partial charge in [0.25, 0.3) is 0 Å². The van der Waals surface area contributed by atoms with E-state index in [1.54, 1.807) is 6.07 Å². The van der Waals surface area contributed by atoms with Gasteiger partial charge in [-0.05, 0) is 44.0 Å². The monoisotopic (exact) mass is 321 g/mol. The number of piperidine rings is 1. The van der Waals surface area contributed by atoms with Gasteiger partial charge in [0.1, 0.15) is 5.75 Å². The summed E-state index contributed by atoms with van der Waals surface area (Å²) in [5, 5.41) is 8.14. The maximum Gasteiger partial charge on any atom is 0.244 e. The van der Waals surface area contributed by atoms with Crippen LogP contribution in [0.4, 0.5) is 0 Å². The molecular weight excluding hydrogens is 302 g/mol. The van der Waals surface area contributed by atoms with Crippen LogP contribution in [0.5, 0.6) is 5.75 Å². The lowest BCUT2D eigenvalue weighted by molar-refractivity contribution is 0.297. The molecule has 1 atom stereocenters. The van der Waals surface area contributed by atoms with Gasteiger partial charge < -0.3 is 14.6 Å². The largest absolute Gasteiger partial charge is 0.493 e. The number of halogens is 1. The zero-order valence-electron chi connectivity index (χ0n) is 12.6. The van der Waals surface area contributed by atoms with Crippen LogP contribution in [0.15, 0.2) is 22.7 Å². The van der Waals surface area contributed by atoms with Crippen LogP contribution in [-0.2, 0) is 0 Å². The van der Waals surface area contributed by atoms with Crippen molar-refractivity contribution in [1.29, 1.82) is 0 Å². The van der Waals surface area contributed by atoms with Gasteiger partial charge in [0.15, 0.2) is 0 Å². The van der Waals surface area contributed by atoms with Crippen molar-refractivity contribution < 1.29 is 9.26 Å². The molecular formula is C16H20ClN3O2. The second kappa shape index (κ2) is 7.11. The van der Waals surface area contributed by atoms with Gasteiger partial charge in [0.05, 0.1) is 18.2 Å². The van der Waals surface area contributed by atoms with E-state index < -0.39 is 0 Å². The van der Waals surface area contributed by atoms with Gasteiger partial charge in [-0.3, -0.25) is 0 Å². The van der Waals surface area contributed by atoms with Crippen molar-refractivity contribution in [2.24, 2.45) is 0 Å². The zero-order chi connectivity index (χ0) is 15.4. The smallest absolute Gasteiger partial charge is 0.244 e. The van der Waals surface area contributed by atoms with Gasteiger partial charge in [0.2, 0.25) is 11.7 Å². The van der Waals surface area contributed by atoms with E-state index in [9.17, 15) is 0 Å². The number of hydrogen-bond donors (Lipinski definition) is 1. The quantitative estimate of drug-likeness (QED) is 0.902. The molecule has 0 radical (unpaired) electrons. The normalized spacial score (nSPS) is 18.4. The molecule has 0 saturated carbocycles. The minimum atomic E-state index is 0.147. The molecule has 2 heterocycles. The van der Waals surface area contributed by atoms with Gasteiger partial charge in [-0.15, -0.1) is 0 Å². The Bertz CT molecular complexity index is 624. The molecule has 0 bridgehead atoms. The highest BCUT2D eigenvalue weighted by Crippen LogP contribution is 2.32. The molecule has 1 unspecified atom stereocenters. The summed E-state index contributed by atoms with van der Waals surface area (Å²) in [5.41, 5.74) is 0.770. The van der Waals surface area contributed by atoms with Gasteiger partial charge >= 0.3 is 0 Å². The van der Waals surface area contributed by atoms with Crippen LogP contribution in [0, 0.1) is 0 Å². The summed E-state index contributed by atoms with van der Waals surface area (Å²) in [7, 11) is 0. The summed E-state index contributed by atoms with van der Waals surface area (Å²) < 4.78 is 11.2. The van der Waals surface area contributed by atoms with Crippen LogP contribution >= 0.6 is 11.6 Å². The van der Waals surface area contributed by atoms with Crippen LogP contribution in [0.3, 0.4) is 0 Å². The SMILES string of the molecule is CCCOc1ccc(Cl)cc1-c1noc(C2CCCCN2)n1. The van der Waals surface area contributed by atoms with E-state index in [0.717, 1.165) is 30.7 Å². The number of rotatable bonds is 5. The summed E-state index contributed by atoms with van der Waals surface area (Å²) in [6.45, 7) is 3.70. The van der Waals surface area contributed by atoms with E-state index in [1.807, 2.05) is 12.1 Å². The van der Waals surface area contributed by atoms with Crippen molar-refractivity contribution in [3.8, 4) is 17.1 Å². The Morgan fingerprint density at radius 2 is 2.32 bits per heavy atom. The van der Waals surface area contributed by atoms with Gasteiger partial charge in [-0.2, -0.15) is 4.98 Å². The second-order valence-corrected chi connectivity index (χ2v) is 5.88. The Kier molecular flexibility index (Phi) is 4.95. The van der Waals surface area contributed by atoms with Gasteiger partial charge in [0, 0.05) is 5.02 Å². The Hall–Kier alpha value is -1.59. The lowest BCUT2D eigenvalue weighted by Gasteiger charge is -2.19. The van der Waals surface area contributed by atoms with E-state index in [0.29, 0.717) is 23.3 Å². The molecule has 0 spiro atoms. The Morgan fingerprint density at radius 1 is 1.41 bits per heavy atom. The molecule has 1 fully saturated rings. The molecule has 1 N–H and O–H groups in total. The third kappa shape index (κ3) is 3.42. The van der Waals surface area contributed by atoms with Crippen molar-refractivity contribution in [3.05, 3.63) is 29.1 Å². The first-order chi connectivity index (χ1) is 10.8. The zero-order valence-corrected chi connectivity index (χ0v) is 13.4. The van der Waals surface area contributed by atoms with Crippen LogP contribution < -0.4 is 10.1 Å². The highest BCUT2D eigenvalue weighted by atomic mass is 35.5. The Morgan fingerprint density at radius 3 is 3.09 bits per heavy atom. The summed E-state index contributed by atoms with van der Waals surface area (Å²) in [4.78, 5) is 4.54. The lowest BCUT2D eigenvalue weighted by Crippen LogP contribution is -2.26. The van der Waals surface area contributed by atoms with Crippen molar-refractivity contribution >= 4 is 11.6 Å². The molecule has 118 valence electrons. The summed E-state index contributed by atoms with van der Waals surface area (Å²) >= 11 is 6.10. The number of aromatic nitrogens is 2. The fourth-order valence-corrected chi connectivity index (χ4v) is 2.74. The first kappa shape index (κ1) is 15.3. The maximum absolute atomic E-state index is 6.10. The fraction of sp³-hybridized carbons (Fsp3) is 0.500. The first-order valence-corrected chi connectivity index (χ1v) is 8.15. The van der Waals surface area contributed by atoms with E-state index in [2.05, 4.69) is 22.4 Å².